The van der Waals surface area contributed by atoms with E-state index in [1.165, 1.54) is 0 Å². The number of amides is 1. The third-order valence-corrected chi connectivity index (χ3v) is 3.31. The Morgan fingerprint density at radius 1 is 1.22 bits per heavy atom. The van der Waals surface area contributed by atoms with E-state index >= 15 is 0 Å². The van der Waals surface area contributed by atoms with Gasteiger partial charge in [-0.15, -0.1) is 0 Å². The monoisotopic (exact) mass is 311 g/mol. The highest BCUT2D eigenvalue weighted by molar-refractivity contribution is 5.95. The Morgan fingerprint density at radius 2 is 2.00 bits per heavy atom. The van der Waals surface area contributed by atoms with Gasteiger partial charge in [0.2, 0.25) is 0 Å². The Kier molecular flexibility index (Phi) is 4.14. The van der Waals surface area contributed by atoms with Crippen LogP contribution in [0, 0.1) is 6.92 Å². The molecule has 0 fully saturated rings. The second-order valence-corrected chi connectivity index (χ2v) is 5.02. The zero-order valence-corrected chi connectivity index (χ0v) is 12.9. The van der Waals surface area contributed by atoms with Crippen molar-refractivity contribution in [1.82, 2.24) is 9.38 Å². The number of rotatable bonds is 5. The molecule has 3 aromatic rings. The number of aryl methyl sites for hydroxylation is 1. The van der Waals surface area contributed by atoms with Crippen LogP contribution in [0.15, 0.2) is 48.8 Å². The quantitative estimate of drug-likeness (QED) is 0.787. The molecule has 6 nitrogen and oxygen atoms in total. The van der Waals surface area contributed by atoms with E-state index in [4.69, 9.17) is 9.47 Å². The number of fused-ring (bicyclic) bond motifs is 1. The summed E-state index contributed by atoms with van der Waals surface area (Å²) in [6, 6.07) is 10.9. The van der Waals surface area contributed by atoms with Gasteiger partial charge >= 0.3 is 0 Å². The fourth-order valence-corrected chi connectivity index (χ4v) is 2.30. The van der Waals surface area contributed by atoms with Crippen molar-refractivity contribution in [2.24, 2.45) is 0 Å². The van der Waals surface area contributed by atoms with E-state index in [1.807, 2.05) is 48.0 Å². The zero-order chi connectivity index (χ0) is 16.2. The third kappa shape index (κ3) is 3.26. The molecule has 0 radical (unpaired) electrons. The third-order valence-electron chi connectivity index (χ3n) is 3.31. The van der Waals surface area contributed by atoms with E-state index in [9.17, 15) is 4.79 Å². The van der Waals surface area contributed by atoms with Crippen molar-refractivity contribution < 1.29 is 14.3 Å². The van der Waals surface area contributed by atoms with Gasteiger partial charge < -0.3 is 19.2 Å². The molecule has 118 valence electrons. The molecular weight excluding hydrogens is 294 g/mol. The molecule has 3 rings (SSSR count). The number of nitrogens with one attached hydrogen (secondary N) is 1. The molecule has 0 atom stereocenters. The van der Waals surface area contributed by atoms with E-state index < -0.39 is 0 Å². The lowest BCUT2D eigenvalue weighted by molar-refractivity contribution is -0.118. The summed E-state index contributed by atoms with van der Waals surface area (Å²) in [5.74, 6) is 0.857. The molecule has 2 aromatic heterocycles. The Balaban J connectivity index is 1.69. The first-order valence-electron chi connectivity index (χ1n) is 7.17. The second kappa shape index (κ2) is 6.39. The topological polar surface area (TPSA) is 64.9 Å². The number of nitrogens with zero attached hydrogens (tertiary/aromatic N) is 2. The Bertz CT molecular complexity index is 842. The van der Waals surface area contributed by atoms with Crippen molar-refractivity contribution in [3.05, 3.63) is 54.5 Å². The van der Waals surface area contributed by atoms with E-state index in [-0.39, 0.29) is 12.5 Å². The number of ether oxygens (including phenoxy) is 2. The average molecular weight is 311 g/mol. The van der Waals surface area contributed by atoms with Gasteiger partial charge in [-0.1, -0.05) is 12.1 Å². The van der Waals surface area contributed by atoms with Crippen LogP contribution in [0.5, 0.6) is 11.5 Å². The molecule has 0 unspecified atom stereocenters. The predicted octanol–water partition coefficient (Wildman–Crippen LogP) is 2.67. The number of methoxy groups -OCH3 is 1. The van der Waals surface area contributed by atoms with Gasteiger partial charge in [0.25, 0.3) is 5.91 Å². The summed E-state index contributed by atoms with van der Waals surface area (Å²) in [5, 5.41) is 2.82. The van der Waals surface area contributed by atoms with Crippen LogP contribution in [0.4, 0.5) is 5.69 Å². The van der Waals surface area contributed by atoms with Crippen molar-refractivity contribution in [3.8, 4) is 11.5 Å². The number of benzene rings is 1. The standard InChI is InChI=1S/C17H17N3O3/c1-12-10-20-9-5-6-13(17(20)18-12)19-16(21)11-23-15-8-4-3-7-14(15)22-2/h3-10H,11H2,1-2H3,(H,19,21). The molecule has 6 heteroatoms. The summed E-state index contributed by atoms with van der Waals surface area (Å²) in [4.78, 5) is 16.5. The highest BCUT2D eigenvalue weighted by atomic mass is 16.5. The first-order chi connectivity index (χ1) is 11.2. The maximum absolute atomic E-state index is 12.1. The van der Waals surface area contributed by atoms with Crippen LogP contribution in [-0.4, -0.2) is 29.0 Å². The largest absolute Gasteiger partial charge is 0.493 e. The van der Waals surface area contributed by atoms with Crippen molar-refractivity contribution >= 4 is 17.2 Å². The molecule has 2 heterocycles. The minimum absolute atomic E-state index is 0.110. The smallest absolute Gasteiger partial charge is 0.262 e. The number of hydrogen-bond donors (Lipinski definition) is 1. The Labute approximate surface area is 133 Å². The Morgan fingerprint density at radius 3 is 2.78 bits per heavy atom. The zero-order valence-electron chi connectivity index (χ0n) is 12.9. The molecule has 0 saturated carbocycles. The summed E-state index contributed by atoms with van der Waals surface area (Å²) in [7, 11) is 1.56. The van der Waals surface area contributed by atoms with Crippen LogP contribution >= 0.6 is 0 Å². The molecule has 1 aromatic carbocycles. The maximum Gasteiger partial charge on any atom is 0.262 e. The van der Waals surface area contributed by atoms with Crippen molar-refractivity contribution in [2.75, 3.05) is 19.0 Å². The van der Waals surface area contributed by atoms with E-state index in [0.717, 1.165) is 5.69 Å². The molecule has 0 bridgehead atoms. The number of para-hydroxylation sites is 2. The number of carbonyl (C=O) groups is 1. The van der Waals surface area contributed by atoms with Crippen LogP contribution in [0.3, 0.4) is 0 Å². The maximum atomic E-state index is 12.1. The van der Waals surface area contributed by atoms with Crippen molar-refractivity contribution in [1.29, 1.82) is 0 Å². The molecule has 0 aliphatic carbocycles. The van der Waals surface area contributed by atoms with Crippen molar-refractivity contribution in [2.45, 2.75) is 6.92 Å². The van der Waals surface area contributed by atoms with Crippen LogP contribution in [0.2, 0.25) is 0 Å². The van der Waals surface area contributed by atoms with Gasteiger partial charge in [-0.2, -0.15) is 0 Å². The summed E-state index contributed by atoms with van der Waals surface area (Å²) >= 11 is 0. The highest BCUT2D eigenvalue weighted by Gasteiger charge is 2.10. The predicted molar refractivity (Wildman–Crippen MR) is 87.0 cm³/mol. The van der Waals surface area contributed by atoms with E-state index in [0.29, 0.717) is 22.8 Å². The number of aromatic nitrogens is 2. The average Bonchev–Trinajstić information content (AvgIpc) is 2.94. The van der Waals surface area contributed by atoms with Gasteiger partial charge in [0.05, 0.1) is 18.5 Å². The molecule has 0 saturated heterocycles. The molecule has 1 N–H and O–H groups in total. The van der Waals surface area contributed by atoms with E-state index in [1.54, 1.807) is 19.2 Å². The van der Waals surface area contributed by atoms with Gasteiger partial charge in [-0.05, 0) is 31.2 Å². The van der Waals surface area contributed by atoms with Crippen LogP contribution in [-0.2, 0) is 4.79 Å². The van der Waals surface area contributed by atoms with Gasteiger partial charge in [0.15, 0.2) is 23.8 Å². The lowest BCUT2D eigenvalue weighted by Crippen LogP contribution is -2.20. The molecule has 0 aliphatic heterocycles. The van der Waals surface area contributed by atoms with Gasteiger partial charge in [0.1, 0.15) is 0 Å². The summed E-state index contributed by atoms with van der Waals surface area (Å²) < 4.78 is 12.6. The van der Waals surface area contributed by atoms with Crippen LogP contribution in [0.1, 0.15) is 5.69 Å². The fourth-order valence-electron chi connectivity index (χ4n) is 2.30. The van der Waals surface area contributed by atoms with Crippen LogP contribution < -0.4 is 14.8 Å². The summed E-state index contributed by atoms with van der Waals surface area (Å²) in [6.07, 6.45) is 3.78. The highest BCUT2D eigenvalue weighted by Crippen LogP contribution is 2.25. The van der Waals surface area contributed by atoms with E-state index in [2.05, 4.69) is 10.3 Å². The molecule has 0 spiro atoms. The summed E-state index contributed by atoms with van der Waals surface area (Å²) in [5.41, 5.74) is 2.24. The minimum Gasteiger partial charge on any atom is -0.493 e. The minimum atomic E-state index is -0.260. The van der Waals surface area contributed by atoms with Gasteiger partial charge in [-0.3, -0.25) is 4.79 Å². The fraction of sp³-hybridized carbons (Fsp3) is 0.176. The van der Waals surface area contributed by atoms with Gasteiger partial charge in [-0.25, -0.2) is 4.98 Å². The first-order valence-corrected chi connectivity index (χ1v) is 7.17. The normalized spacial score (nSPS) is 10.5. The number of anilines is 1. The van der Waals surface area contributed by atoms with Crippen LogP contribution in [0.25, 0.3) is 5.65 Å². The number of hydrogen-bond acceptors (Lipinski definition) is 4. The lowest BCUT2D eigenvalue weighted by atomic mass is 10.3. The van der Waals surface area contributed by atoms with Crippen molar-refractivity contribution in [3.63, 3.8) is 0 Å². The SMILES string of the molecule is COc1ccccc1OCC(=O)Nc1cccn2cc(C)nc12. The molecule has 23 heavy (non-hydrogen) atoms. The number of imidazole rings is 1. The van der Waals surface area contributed by atoms with Gasteiger partial charge in [0, 0.05) is 12.4 Å². The molecule has 0 aliphatic rings. The first kappa shape index (κ1) is 14.9. The Hall–Kier alpha value is -3.02. The molecule has 1 amide bonds. The summed E-state index contributed by atoms with van der Waals surface area (Å²) in [6.45, 7) is 1.80. The number of carbonyl (C=O) groups excluding carboxylic acids is 1. The second-order valence-electron chi connectivity index (χ2n) is 5.02. The lowest BCUT2D eigenvalue weighted by Gasteiger charge is -2.10. The number of pyridine rings is 1. The molecular formula is C17H17N3O3.